The maximum absolute atomic E-state index is 11.9. The van der Waals surface area contributed by atoms with E-state index in [1.54, 1.807) is 6.92 Å². The number of rotatable bonds is 5. The summed E-state index contributed by atoms with van der Waals surface area (Å²) in [5.41, 5.74) is 0.719. The fourth-order valence-corrected chi connectivity index (χ4v) is 2.93. The second-order valence-corrected chi connectivity index (χ2v) is 7.90. The third kappa shape index (κ3) is 5.69. The largest absolute Gasteiger partial charge is 0.444 e. The molecule has 1 aliphatic rings. The molecule has 26 heavy (non-hydrogen) atoms. The molecule has 1 aliphatic carbocycles. The van der Waals surface area contributed by atoms with Crippen molar-refractivity contribution in [1.82, 2.24) is 15.3 Å². The van der Waals surface area contributed by atoms with Crippen LogP contribution < -0.4 is 10.6 Å². The first-order chi connectivity index (χ1) is 12.0. The van der Waals surface area contributed by atoms with Crippen LogP contribution in [0.2, 0.25) is 5.02 Å². The molecule has 0 bridgehead atoms. The van der Waals surface area contributed by atoms with Crippen molar-refractivity contribution in [2.75, 3.05) is 5.32 Å². The minimum absolute atomic E-state index is 0.0490. The maximum atomic E-state index is 11.9. The number of hydrogen-bond acceptors (Lipinski definition) is 6. The Morgan fingerprint density at radius 1 is 1.38 bits per heavy atom. The van der Waals surface area contributed by atoms with Gasteiger partial charge in [0.25, 0.3) is 0 Å². The van der Waals surface area contributed by atoms with Gasteiger partial charge in [-0.1, -0.05) is 18.2 Å². The predicted molar refractivity (Wildman–Crippen MR) is 104 cm³/mol. The molecule has 7 nitrogen and oxygen atoms in total. The van der Waals surface area contributed by atoms with Crippen LogP contribution in [0.4, 0.5) is 10.7 Å². The summed E-state index contributed by atoms with van der Waals surface area (Å²) in [4.78, 5) is 20.5. The number of anilines is 1. The number of alkyl carbamates (subject to hydrolysis) is 1. The molecule has 1 heterocycles. The van der Waals surface area contributed by atoms with Gasteiger partial charge in [0.15, 0.2) is 0 Å². The van der Waals surface area contributed by atoms with E-state index in [-0.39, 0.29) is 12.1 Å². The van der Waals surface area contributed by atoms with Gasteiger partial charge in [0.2, 0.25) is 5.95 Å². The summed E-state index contributed by atoms with van der Waals surface area (Å²) in [6.07, 6.45) is 3.60. The Balaban J connectivity index is 1.94. The van der Waals surface area contributed by atoms with Crippen LogP contribution in [0.3, 0.4) is 0 Å². The Bertz CT molecular complexity index is 714. The third-order valence-corrected chi connectivity index (χ3v) is 4.25. The zero-order valence-corrected chi connectivity index (χ0v) is 16.4. The highest BCUT2D eigenvalue weighted by atomic mass is 35.5. The van der Waals surface area contributed by atoms with Gasteiger partial charge >= 0.3 is 6.09 Å². The molecule has 1 aromatic rings. The van der Waals surface area contributed by atoms with Crippen LogP contribution in [0.5, 0.6) is 0 Å². The first-order valence-electron chi connectivity index (χ1n) is 8.58. The van der Waals surface area contributed by atoms with E-state index in [9.17, 15) is 4.79 Å². The average molecular weight is 380 g/mol. The Kier molecular flexibility index (Phi) is 6.23. The second-order valence-electron chi connectivity index (χ2n) is 7.49. The molecule has 1 saturated carbocycles. The summed E-state index contributed by atoms with van der Waals surface area (Å²) >= 11 is 6.11. The number of carbonyl (C=O) groups excluding carboxylic acids is 1. The van der Waals surface area contributed by atoms with Gasteiger partial charge in [0, 0.05) is 23.4 Å². The average Bonchev–Trinajstić information content (AvgIpc) is 2.93. The lowest BCUT2D eigenvalue weighted by atomic mass is 10.1. The highest BCUT2D eigenvalue weighted by Crippen LogP contribution is 2.25. The number of allylic oxidation sites excluding steroid dienone is 1. The quantitative estimate of drug-likeness (QED) is 0.670. The molecule has 1 fully saturated rings. The number of aromatic nitrogens is 2. The minimum Gasteiger partial charge on any atom is -0.444 e. The van der Waals surface area contributed by atoms with Crippen molar-refractivity contribution >= 4 is 34.9 Å². The Morgan fingerprint density at radius 2 is 2.04 bits per heavy atom. The molecule has 0 aliphatic heterocycles. The van der Waals surface area contributed by atoms with Crippen LogP contribution in [-0.4, -0.2) is 39.5 Å². The van der Waals surface area contributed by atoms with Gasteiger partial charge in [-0.3, -0.25) is 0 Å². The van der Waals surface area contributed by atoms with Crippen molar-refractivity contribution in [3.05, 3.63) is 23.5 Å². The van der Waals surface area contributed by atoms with Gasteiger partial charge in [-0.25, -0.2) is 14.8 Å². The fraction of sp³-hybridized carbons (Fsp3) is 0.556. The SMILES string of the molecule is C=C(C(C)=N)c1nc(N[C@H]2CC[C@@H](NC(=O)OC(C)(C)C)C2)ncc1Cl. The molecule has 3 N–H and O–H groups in total. The van der Waals surface area contributed by atoms with Crippen LogP contribution in [0, 0.1) is 5.41 Å². The summed E-state index contributed by atoms with van der Waals surface area (Å²) < 4.78 is 5.29. The van der Waals surface area contributed by atoms with E-state index in [0.29, 0.717) is 27.9 Å². The van der Waals surface area contributed by atoms with Crippen molar-refractivity contribution in [2.24, 2.45) is 0 Å². The summed E-state index contributed by atoms with van der Waals surface area (Å²) in [5, 5.41) is 14.2. The fourth-order valence-electron chi connectivity index (χ4n) is 2.73. The second kappa shape index (κ2) is 8.03. The molecule has 0 spiro atoms. The molecule has 1 amide bonds. The highest BCUT2D eigenvalue weighted by molar-refractivity contribution is 6.34. The predicted octanol–water partition coefficient (Wildman–Crippen LogP) is 4.04. The number of hydrogen-bond donors (Lipinski definition) is 3. The summed E-state index contributed by atoms with van der Waals surface area (Å²) in [5.74, 6) is 0.440. The van der Waals surface area contributed by atoms with Crippen LogP contribution in [0.1, 0.15) is 52.7 Å². The minimum atomic E-state index is -0.511. The van der Waals surface area contributed by atoms with Crippen molar-refractivity contribution < 1.29 is 9.53 Å². The third-order valence-electron chi connectivity index (χ3n) is 3.97. The molecule has 0 unspecified atom stereocenters. The van der Waals surface area contributed by atoms with Crippen LogP contribution in [-0.2, 0) is 4.74 Å². The molecule has 0 saturated heterocycles. The number of amides is 1. The number of carbonyl (C=O) groups is 1. The molecular weight excluding hydrogens is 354 g/mol. The monoisotopic (exact) mass is 379 g/mol. The van der Waals surface area contributed by atoms with E-state index >= 15 is 0 Å². The number of nitrogens with one attached hydrogen (secondary N) is 3. The van der Waals surface area contributed by atoms with E-state index in [0.717, 1.165) is 19.3 Å². The lowest BCUT2D eigenvalue weighted by Crippen LogP contribution is -2.38. The van der Waals surface area contributed by atoms with Gasteiger partial charge in [-0.15, -0.1) is 0 Å². The van der Waals surface area contributed by atoms with Crippen molar-refractivity contribution in [3.63, 3.8) is 0 Å². The molecule has 8 heteroatoms. The van der Waals surface area contributed by atoms with Gasteiger partial charge in [0.05, 0.1) is 16.9 Å². The topological polar surface area (TPSA) is 100.0 Å². The van der Waals surface area contributed by atoms with Crippen LogP contribution >= 0.6 is 11.6 Å². The molecule has 2 rings (SSSR count). The number of nitrogens with zero attached hydrogens (tertiary/aromatic N) is 2. The normalized spacial score (nSPS) is 19.7. The standard InChI is InChI=1S/C18H26ClN5O2/c1-10(11(2)20)15-14(19)9-21-16(24-15)22-12-6-7-13(8-12)23-17(25)26-18(3,4)5/h9,12-13,20H,1,6-8H2,2-5H3,(H,23,25)(H,21,22,24)/t12-,13+/m0/s1. The number of ether oxygens (including phenoxy) is 1. The van der Waals surface area contributed by atoms with E-state index in [4.69, 9.17) is 21.7 Å². The van der Waals surface area contributed by atoms with Crippen molar-refractivity contribution in [1.29, 1.82) is 5.41 Å². The number of halogens is 1. The molecule has 2 atom stereocenters. The highest BCUT2D eigenvalue weighted by Gasteiger charge is 2.28. The molecule has 0 radical (unpaired) electrons. The van der Waals surface area contributed by atoms with Gasteiger partial charge in [0.1, 0.15) is 5.60 Å². The van der Waals surface area contributed by atoms with E-state index in [1.807, 2.05) is 20.8 Å². The van der Waals surface area contributed by atoms with E-state index < -0.39 is 11.7 Å². The van der Waals surface area contributed by atoms with Gasteiger partial charge < -0.3 is 20.8 Å². The zero-order chi connectivity index (χ0) is 19.5. The molecule has 142 valence electrons. The Morgan fingerprint density at radius 3 is 2.65 bits per heavy atom. The first-order valence-corrected chi connectivity index (χ1v) is 8.96. The molecule has 0 aromatic carbocycles. The zero-order valence-electron chi connectivity index (χ0n) is 15.6. The maximum Gasteiger partial charge on any atom is 0.407 e. The van der Waals surface area contributed by atoms with Crippen molar-refractivity contribution in [2.45, 2.75) is 64.6 Å². The summed E-state index contributed by atoms with van der Waals surface area (Å²) in [6.45, 7) is 11.0. The Labute approximate surface area is 159 Å². The van der Waals surface area contributed by atoms with E-state index in [1.165, 1.54) is 6.20 Å². The van der Waals surface area contributed by atoms with Crippen molar-refractivity contribution in [3.8, 4) is 0 Å². The van der Waals surface area contributed by atoms with Gasteiger partial charge in [-0.05, 0) is 47.0 Å². The van der Waals surface area contributed by atoms with E-state index in [2.05, 4.69) is 27.2 Å². The smallest absolute Gasteiger partial charge is 0.407 e. The van der Waals surface area contributed by atoms with Crippen LogP contribution in [0.25, 0.3) is 5.57 Å². The molecular formula is C18H26ClN5O2. The lowest BCUT2D eigenvalue weighted by Gasteiger charge is -2.21. The lowest BCUT2D eigenvalue weighted by molar-refractivity contribution is 0.0505. The van der Waals surface area contributed by atoms with Gasteiger partial charge in [-0.2, -0.15) is 0 Å². The van der Waals surface area contributed by atoms with Crippen LogP contribution in [0.15, 0.2) is 12.8 Å². The summed E-state index contributed by atoms with van der Waals surface area (Å²) in [7, 11) is 0. The summed E-state index contributed by atoms with van der Waals surface area (Å²) in [6, 6.07) is 0.186. The Hall–Kier alpha value is -2.15. The molecule has 1 aromatic heterocycles. The first kappa shape index (κ1) is 20.2.